The van der Waals surface area contributed by atoms with Gasteiger partial charge in [0.1, 0.15) is 0 Å². The third-order valence-electron chi connectivity index (χ3n) is 4.80. The Morgan fingerprint density at radius 1 is 1.28 bits per heavy atom. The number of hydrogen-bond donors (Lipinski definition) is 1. The van der Waals surface area contributed by atoms with Gasteiger partial charge < -0.3 is 9.84 Å². The number of aliphatic hydroxyl groups is 1. The van der Waals surface area contributed by atoms with Gasteiger partial charge in [0.05, 0.1) is 12.2 Å². The molecule has 1 aliphatic carbocycles. The SMILES string of the molecule is CCCC1CCC(O)C(N2CCCC(OC)C2)C1. The van der Waals surface area contributed by atoms with E-state index in [1.165, 1.54) is 38.5 Å². The Balaban J connectivity index is 1.92. The van der Waals surface area contributed by atoms with Crippen molar-refractivity contribution in [1.82, 2.24) is 4.90 Å². The quantitative estimate of drug-likeness (QED) is 0.837. The molecule has 0 spiro atoms. The lowest BCUT2D eigenvalue weighted by Crippen LogP contribution is -2.52. The summed E-state index contributed by atoms with van der Waals surface area (Å²) in [5, 5.41) is 10.3. The lowest BCUT2D eigenvalue weighted by Gasteiger charge is -2.44. The number of piperidine rings is 1. The Hall–Kier alpha value is -0.120. The topological polar surface area (TPSA) is 32.7 Å². The maximum atomic E-state index is 10.3. The predicted octanol–water partition coefficient (Wildman–Crippen LogP) is 2.43. The van der Waals surface area contributed by atoms with Crippen molar-refractivity contribution >= 4 is 0 Å². The fourth-order valence-electron chi connectivity index (χ4n) is 3.74. The number of rotatable bonds is 4. The van der Waals surface area contributed by atoms with Crippen LogP contribution in [0.1, 0.15) is 51.9 Å². The average molecular weight is 255 g/mol. The van der Waals surface area contributed by atoms with E-state index >= 15 is 0 Å². The summed E-state index contributed by atoms with van der Waals surface area (Å²) in [6.45, 7) is 4.42. The minimum atomic E-state index is -0.117. The summed E-state index contributed by atoms with van der Waals surface area (Å²) in [7, 11) is 1.81. The van der Waals surface area contributed by atoms with Crippen LogP contribution in [-0.4, -0.2) is 48.5 Å². The smallest absolute Gasteiger partial charge is 0.0698 e. The molecule has 3 nitrogen and oxygen atoms in total. The Morgan fingerprint density at radius 2 is 2.11 bits per heavy atom. The van der Waals surface area contributed by atoms with E-state index in [4.69, 9.17) is 4.74 Å². The molecule has 18 heavy (non-hydrogen) atoms. The third-order valence-corrected chi connectivity index (χ3v) is 4.80. The van der Waals surface area contributed by atoms with Crippen molar-refractivity contribution in [2.45, 2.75) is 70.1 Å². The van der Waals surface area contributed by atoms with Gasteiger partial charge >= 0.3 is 0 Å². The second-order valence-electron chi connectivity index (χ2n) is 6.10. The summed E-state index contributed by atoms with van der Waals surface area (Å²) in [5.41, 5.74) is 0. The molecule has 1 saturated carbocycles. The van der Waals surface area contributed by atoms with Crippen LogP contribution in [0.3, 0.4) is 0 Å². The minimum Gasteiger partial charge on any atom is -0.391 e. The van der Waals surface area contributed by atoms with Gasteiger partial charge in [-0.2, -0.15) is 0 Å². The van der Waals surface area contributed by atoms with E-state index in [2.05, 4.69) is 11.8 Å². The van der Waals surface area contributed by atoms with E-state index in [0.717, 1.165) is 25.4 Å². The molecule has 1 saturated heterocycles. The molecule has 0 bridgehead atoms. The fraction of sp³-hybridized carbons (Fsp3) is 1.00. The van der Waals surface area contributed by atoms with Crippen LogP contribution < -0.4 is 0 Å². The first-order valence-electron chi connectivity index (χ1n) is 7.69. The summed E-state index contributed by atoms with van der Waals surface area (Å²) < 4.78 is 5.50. The third kappa shape index (κ3) is 3.46. The zero-order valence-corrected chi connectivity index (χ0v) is 12.0. The highest BCUT2D eigenvalue weighted by Crippen LogP contribution is 2.32. The molecular formula is C15H29NO2. The summed E-state index contributed by atoms with van der Waals surface area (Å²) in [5.74, 6) is 0.825. The largest absolute Gasteiger partial charge is 0.391 e. The van der Waals surface area contributed by atoms with Crippen molar-refractivity contribution in [1.29, 1.82) is 0 Å². The predicted molar refractivity (Wildman–Crippen MR) is 73.6 cm³/mol. The molecule has 4 unspecified atom stereocenters. The Morgan fingerprint density at radius 3 is 2.83 bits per heavy atom. The van der Waals surface area contributed by atoms with Gasteiger partial charge in [-0.25, -0.2) is 0 Å². The zero-order valence-electron chi connectivity index (χ0n) is 12.0. The summed E-state index contributed by atoms with van der Waals surface area (Å²) in [6.07, 6.45) is 8.63. The molecule has 2 fully saturated rings. The van der Waals surface area contributed by atoms with Gasteiger partial charge in [-0.15, -0.1) is 0 Å². The van der Waals surface area contributed by atoms with Crippen LogP contribution in [0.5, 0.6) is 0 Å². The number of methoxy groups -OCH3 is 1. The van der Waals surface area contributed by atoms with Gasteiger partial charge in [0, 0.05) is 19.7 Å². The molecule has 0 radical (unpaired) electrons. The molecule has 0 amide bonds. The standard InChI is InChI=1S/C15H29NO2/c1-3-5-12-7-8-15(17)14(10-12)16-9-4-6-13(11-16)18-2/h12-15,17H,3-11H2,1-2H3. The first kappa shape index (κ1) is 14.3. The normalized spacial score (nSPS) is 38.8. The van der Waals surface area contributed by atoms with Crippen LogP contribution in [0.4, 0.5) is 0 Å². The van der Waals surface area contributed by atoms with Crippen molar-refractivity contribution in [2.75, 3.05) is 20.2 Å². The highest BCUT2D eigenvalue weighted by Gasteiger charge is 2.35. The Labute approximate surface area is 112 Å². The van der Waals surface area contributed by atoms with Gasteiger partial charge in [0.25, 0.3) is 0 Å². The first-order valence-corrected chi connectivity index (χ1v) is 7.69. The molecule has 2 aliphatic rings. The number of nitrogens with zero attached hydrogens (tertiary/aromatic N) is 1. The van der Waals surface area contributed by atoms with E-state index < -0.39 is 0 Å². The maximum Gasteiger partial charge on any atom is 0.0698 e. The molecular weight excluding hydrogens is 226 g/mol. The monoisotopic (exact) mass is 255 g/mol. The van der Waals surface area contributed by atoms with E-state index in [1.807, 2.05) is 7.11 Å². The van der Waals surface area contributed by atoms with Crippen LogP contribution in [0, 0.1) is 5.92 Å². The lowest BCUT2D eigenvalue weighted by atomic mass is 9.80. The molecule has 4 atom stereocenters. The van der Waals surface area contributed by atoms with Gasteiger partial charge in [-0.05, 0) is 44.6 Å². The summed E-state index contributed by atoms with van der Waals surface area (Å²) in [4.78, 5) is 2.49. The van der Waals surface area contributed by atoms with Crippen LogP contribution in [0.15, 0.2) is 0 Å². The van der Waals surface area contributed by atoms with Crippen molar-refractivity contribution in [3.05, 3.63) is 0 Å². The molecule has 3 heteroatoms. The Kier molecular flexibility index (Phi) is 5.46. The van der Waals surface area contributed by atoms with Gasteiger partial charge in [0.2, 0.25) is 0 Å². The van der Waals surface area contributed by atoms with Crippen LogP contribution in [-0.2, 0) is 4.74 Å². The van der Waals surface area contributed by atoms with Crippen molar-refractivity contribution < 1.29 is 9.84 Å². The van der Waals surface area contributed by atoms with Crippen LogP contribution in [0.25, 0.3) is 0 Å². The maximum absolute atomic E-state index is 10.3. The van der Waals surface area contributed by atoms with Gasteiger partial charge in [-0.3, -0.25) is 4.90 Å². The summed E-state index contributed by atoms with van der Waals surface area (Å²) in [6, 6.07) is 0.383. The van der Waals surface area contributed by atoms with Crippen molar-refractivity contribution in [3.63, 3.8) is 0 Å². The second-order valence-corrected chi connectivity index (χ2v) is 6.10. The van der Waals surface area contributed by atoms with Gasteiger partial charge in [-0.1, -0.05) is 19.8 Å². The first-order chi connectivity index (χ1) is 8.74. The molecule has 1 N–H and O–H groups in total. The number of aliphatic hydroxyl groups excluding tert-OH is 1. The van der Waals surface area contributed by atoms with Crippen molar-refractivity contribution in [2.24, 2.45) is 5.92 Å². The van der Waals surface area contributed by atoms with Crippen LogP contribution >= 0.6 is 0 Å². The zero-order chi connectivity index (χ0) is 13.0. The van der Waals surface area contributed by atoms with Crippen LogP contribution in [0.2, 0.25) is 0 Å². The number of ether oxygens (including phenoxy) is 1. The molecule has 1 heterocycles. The van der Waals surface area contributed by atoms with E-state index in [0.29, 0.717) is 12.1 Å². The summed E-state index contributed by atoms with van der Waals surface area (Å²) >= 11 is 0. The second kappa shape index (κ2) is 6.88. The minimum absolute atomic E-state index is 0.117. The fourth-order valence-corrected chi connectivity index (χ4v) is 3.74. The highest BCUT2D eigenvalue weighted by atomic mass is 16.5. The van der Waals surface area contributed by atoms with E-state index in [-0.39, 0.29) is 6.10 Å². The molecule has 0 aromatic carbocycles. The van der Waals surface area contributed by atoms with Gasteiger partial charge in [0.15, 0.2) is 0 Å². The molecule has 0 aromatic rings. The number of hydrogen-bond acceptors (Lipinski definition) is 3. The average Bonchev–Trinajstić information content (AvgIpc) is 2.41. The number of likely N-dealkylation sites (tertiary alicyclic amines) is 1. The Bertz CT molecular complexity index is 247. The molecule has 2 rings (SSSR count). The lowest BCUT2D eigenvalue weighted by molar-refractivity contribution is -0.0428. The molecule has 1 aliphatic heterocycles. The molecule has 106 valence electrons. The molecule has 0 aromatic heterocycles. The van der Waals surface area contributed by atoms with E-state index in [1.54, 1.807) is 0 Å². The highest BCUT2D eigenvalue weighted by molar-refractivity contribution is 4.89. The van der Waals surface area contributed by atoms with E-state index in [9.17, 15) is 5.11 Å². The van der Waals surface area contributed by atoms with Crippen molar-refractivity contribution in [3.8, 4) is 0 Å².